The predicted octanol–water partition coefficient (Wildman–Crippen LogP) is 3.79. The molecule has 0 aliphatic carbocycles. The number of fused-ring (bicyclic) bond motifs is 1. The van der Waals surface area contributed by atoms with E-state index in [1.54, 1.807) is 0 Å². The van der Waals surface area contributed by atoms with E-state index < -0.39 is 11.7 Å². The Bertz CT molecular complexity index is 548. The van der Waals surface area contributed by atoms with Crippen LogP contribution < -0.4 is 0 Å². The van der Waals surface area contributed by atoms with Gasteiger partial charge in [-0.2, -0.15) is 18.4 Å². The van der Waals surface area contributed by atoms with Crippen LogP contribution in [0.25, 0.3) is 10.1 Å². The molecule has 0 unspecified atom stereocenters. The van der Waals surface area contributed by atoms with E-state index in [0.717, 1.165) is 16.7 Å². The summed E-state index contributed by atoms with van der Waals surface area (Å²) < 4.78 is 38.1. The maximum absolute atomic E-state index is 12.5. The van der Waals surface area contributed by atoms with Gasteiger partial charge in [-0.05, 0) is 18.2 Å². The Balaban J connectivity index is 2.73. The molecule has 1 aromatic carbocycles. The summed E-state index contributed by atoms with van der Waals surface area (Å²) in [6, 6.07) is 6.15. The fourth-order valence-electron chi connectivity index (χ4n) is 1.32. The number of rotatable bonds is 0. The highest BCUT2D eigenvalue weighted by molar-refractivity contribution is 7.17. The number of halogens is 3. The second-order valence-corrected chi connectivity index (χ2v) is 3.88. The molecule has 1 aromatic heterocycles. The van der Waals surface area contributed by atoms with Crippen LogP contribution in [0.1, 0.15) is 11.1 Å². The van der Waals surface area contributed by atoms with Crippen LogP contribution in [0.4, 0.5) is 13.2 Å². The molecule has 15 heavy (non-hydrogen) atoms. The largest absolute Gasteiger partial charge is 0.417 e. The third-order valence-corrected chi connectivity index (χ3v) is 2.97. The second-order valence-electron chi connectivity index (χ2n) is 2.97. The van der Waals surface area contributed by atoms with E-state index in [9.17, 15) is 13.2 Å². The van der Waals surface area contributed by atoms with Crippen molar-refractivity contribution < 1.29 is 13.2 Å². The summed E-state index contributed by atoms with van der Waals surface area (Å²) in [4.78, 5) is 0. The summed E-state index contributed by atoms with van der Waals surface area (Å²) >= 11 is 1.03. The van der Waals surface area contributed by atoms with E-state index in [1.807, 2.05) is 6.07 Å². The molecule has 0 fully saturated rings. The van der Waals surface area contributed by atoms with Crippen LogP contribution in [0.2, 0.25) is 0 Å². The Labute approximate surface area is 87.4 Å². The van der Waals surface area contributed by atoms with Gasteiger partial charge in [-0.25, -0.2) is 0 Å². The molecule has 2 aromatic rings. The maximum Gasteiger partial charge on any atom is 0.417 e. The lowest BCUT2D eigenvalue weighted by atomic mass is 10.1. The Morgan fingerprint density at radius 3 is 2.60 bits per heavy atom. The Morgan fingerprint density at radius 2 is 2.00 bits per heavy atom. The van der Waals surface area contributed by atoms with Gasteiger partial charge in [0.15, 0.2) is 0 Å². The van der Waals surface area contributed by atoms with Crippen molar-refractivity contribution in [1.29, 1.82) is 5.26 Å². The minimum absolute atomic E-state index is 0.103. The van der Waals surface area contributed by atoms with Crippen molar-refractivity contribution in [2.75, 3.05) is 0 Å². The fraction of sp³-hybridized carbons (Fsp3) is 0.100. The van der Waals surface area contributed by atoms with Gasteiger partial charge >= 0.3 is 6.18 Å². The SMILES string of the molecule is N#Cc1ccc2scc(C(F)(F)F)c2c1. The van der Waals surface area contributed by atoms with Gasteiger partial charge in [-0.1, -0.05) is 0 Å². The number of nitriles is 1. The summed E-state index contributed by atoms with van der Waals surface area (Å²) in [7, 11) is 0. The lowest BCUT2D eigenvalue weighted by molar-refractivity contribution is -0.136. The molecular weight excluding hydrogens is 223 g/mol. The fourth-order valence-corrected chi connectivity index (χ4v) is 2.27. The summed E-state index contributed by atoms with van der Waals surface area (Å²) in [5.74, 6) is 0. The molecule has 1 nitrogen and oxygen atoms in total. The number of alkyl halides is 3. The summed E-state index contributed by atoms with van der Waals surface area (Å²) in [5, 5.41) is 9.78. The molecule has 1 heterocycles. The van der Waals surface area contributed by atoms with Gasteiger partial charge in [0.25, 0.3) is 0 Å². The average molecular weight is 227 g/mol. The van der Waals surface area contributed by atoms with Gasteiger partial charge in [0.1, 0.15) is 0 Å². The third-order valence-electron chi connectivity index (χ3n) is 2.01. The molecule has 0 aliphatic heterocycles. The highest BCUT2D eigenvalue weighted by atomic mass is 32.1. The minimum Gasteiger partial charge on any atom is -0.192 e. The molecule has 0 saturated heterocycles. The molecule has 0 amide bonds. The number of hydrogen-bond donors (Lipinski definition) is 0. The molecule has 0 aliphatic rings. The number of thiophene rings is 1. The second kappa shape index (κ2) is 3.24. The van der Waals surface area contributed by atoms with Gasteiger partial charge in [0, 0.05) is 15.5 Å². The van der Waals surface area contributed by atoms with Crippen molar-refractivity contribution in [1.82, 2.24) is 0 Å². The number of benzene rings is 1. The molecule has 2 rings (SSSR count). The summed E-state index contributed by atoms with van der Waals surface area (Å²) in [6.07, 6.45) is -4.35. The Hall–Kier alpha value is -1.54. The summed E-state index contributed by atoms with van der Waals surface area (Å²) in [6.45, 7) is 0. The van der Waals surface area contributed by atoms with Crippen molar-refractivity contribution in [2.24, 2.45) is 0 Å². The van der Waals surface area contributed by atoms with Crippen LogP contribution in [0.3, 0.4) is 0 Å². The zero-order chi connectivity index (χ0) is 11.1. The molecule has 0 bridgehead atoms. The monoisotopic (exact) mass is 227 g/mol. The van der Waals surface area contributed by atoms with Crippen LogP contribution in [-0.2, 0) is 6.18 Å². The van der Waals surface area contributed by atoms with E-state index in [4.69, 9.17) is 5.26 Å². The van der Waals surface area contributed by atoms with E-state index in [1.165, 1.54) is 18.2 Å². The van der Waals surface area contributed by atoms with Crippen molar-refractivity contribution in [3.05, 3.63) is 34.7 Å². The van der Waals surface area contributed by atoms with E-state index in [0.29, 0.717) is 4.70 Å². The van der Waals surface area contributed by atoms with Gasteiger partial charge < -0.3 is 0 Å². The van der Waals surface area contributed by atoms with Gasteiger partial charge in [-0.15, -0.1) is 11.3 Å². The highest BCUT2D eigenvalue weighted by Crippen LogP contribution is 2.38. The first-order valence-electron chi connectivity index (χ1n) is 4.01. The zero-order valence-electron chi connectivity index (χ0n) is 7.30. The summed E-state index contributed by atoms with van der Waals surface area (Å²) in [5.41, 5.74) is -0.425. The van der Waals surface area contributed by atoms with Crippen molar-refractivity contribution in [2.45, 2.75) is 6.18 Å². The van der Waals surface area contributed by atoms with Crippen molar-refractivity contribution >= 4 is 21.4 Å². The van der Waals surface area contributed by atoms with Gasteiger partial charge in [-0.3, -0.25) is 0 Å². The molecule has 5 heteroatoms. The Morgan fingerprint density at radius 1 is 1.27 bits per heavy atom. The molecule has 76 valence electrons. The van der Waals surface area contributed by atoms with Gasteiger partial charge in [0.05, 0.1) is 17.2 Å². The van der Waals surface area contributed by atoms with Crippen LogP contribution in [-0.4, -0.2) is 0 Å². The quantitative estimate of drug-likeness (QED) is 0.671. The lowest BCUT2D eigenvalue weighted by Crippen LogP contribution is -2.03. The van der Waals surface area contributed by atoms with E-state index in [-0.39, 0.29) is 10.9 Å². The van der Waals surface area contributed by atoms with Crippen LogP contribution in [0, 0.1) is 11.3 Å². The first kappa shape index (κ1) is 9.99. The molecule has 0 atom stereocenters. The first-order valence-corrected chi connectivity index (χ1v) is 4.89. The molecule has 0 N–H and O–H groups in total. The van der Waals surface area contributed by atoms with Crippen LogP contribution in [0.15, 0.2) is 23.6 Å². The normalized spacial score (nSPS) is 11.6. The van der Waals surface area contributed by atoms with E-state index in [2.05, 4.69) is 0 Å². The van der Waals surface area contributed by atoms with Gasteiger partial charge in [0.2, 0.25) is 0 Å². The first-order chi connectivity index (χ1) is 7.02. The van der Waals surface area contributed by atoms with Crippen molar-refractivity contribution in [3.8, 4) is 6.07 Å². The van der Waals surface area contributed by atoms with Crippen LogP contribution >= 0.6 is 11.3 Å². The van der Waals surface area contributed by atoms with Crippen molar-refractivity contribution in [3.63, 3.8) is 0 Å². The van der Waals surface area contributed by atoms with Crippen LogP contribution in [0.5, 0.6) is 0 Å². The topological polar surface area (TPSA) is 23.8 Å². The Kier molecular flexibility index (Phi) is 2.16. The highest BCUT2D eigenvalue weighted by Gasteiger charge is 2.33. The van der Waals surface area contributed by atoms with E-state index >= 15 is 0 Å². The average Bonchev–Trinajstić information content (AvgIpc) is 2.59. The molecule has 0 saturated carbocycles. The smallest absolute Gasteiger partial charge is 0.192 e. The molecule has 0 radical (unpaired) electrons. The number of nitrogens with zero attached hydrogens (tertiary/aromatic N) is 1. The zero-order valence-corrected chi connectivity index (χ0v) is 8.12. The molecule has 0 spiro atoms. The maximum atomic E-state index is 12.5. The number of hydrogen-bond acceptors (Lipinski definition) is 2. The predicted molar refractivity (Wildman–Crippen MR) is 51.5 cm³/mol. The lowest BCUT2D eigenvalue weighted by Gasteiger charge is -2.03. The minimum atomic E-state index is -4.35. The molecular formula is C10H4F3NS. The standard InChI is InChI=1S/C10H4F3NS/c11-10(12,13)8-5-15-9-2-1-6(4-14)3-7(8)9/h1-3,5H. The third kappa shape index (κ3) is 1.68.